The smallest absolute Gasteiger partial charge is 0.168 e. The highest BCUT2D eigenvalue weighted by Crippen LogP contribution is 2.30. The summed E-state index contributed by atoms with van der Waals surface area (Å²) >= 11 is 0. The van der Waals surface area contributed by atoms with E-state index in [1.54, 1.807) is 0 Å². The highest BCUT2D eigenvalue weighted by atomic mass is 16.7. The van der Waals surface area contributed by atoms with Gasteiger partial charge in [-0.05, 0) is 25.7 Å². The van der Waals surface area contributed by atoms with Crippen molar-refractivity contribution in [2.24, 2.45) is 0 Å². The second-order valence-corrected chi connectivity index (χ2v) is 6.64. The lowest BCUT2D eigenvalue weighted by atomic mass is 10.0. The normalized spacial score (nSPS) is 20.9. The summed E-state index contributed by atoms with van der Waals surface area (Å²) in [6, 6.07) is 0. The van der Waals surface area contributed by atoms with Crippen LogP contribution in [0.5, 0.6) is 0 Å². The van der Waals surface area contributed by atoms with Crippen LogP contribution in [-0.2, 0) is 9.47 Å². The first kappa shape index (κ1) is 19.0. The van der Waals surface area contributed by atoms with Crippen LogP contribution in [0.3, 0.4) is 0 Å². The molecule has 0 aromatic heterocycles. The summed E-state index contributed by atoms with van der Waals surface area (Å²) in [6.45, 7) is 6.18. The van der Waals surface area contributed by atoms with Crippen molar-refractivity contribution in [2.45, 2.75) is 110 Å². The highest BCUT2D eigenvalue weighted by molar-refractivity contribution is 4.72. The molecule has 0 unspecified atom stereocenters. The van der Waals surface area contributed by atoms with Crippen LogP contribution in [0.1, 0.15) is 104 Å². The molecule has 126 valence electrons. The molecule has 21 heavy (non-hydrogen) atoms. The Morgan fingerprint density at radius 1 is 0.619 bits per heavy atom. The Morgan fingerprint density at radius 3 is 1.38 bits per heavy atom. The van der Waals surface area contributed by atoms with Crippen molar-refractivity contribution < 1.29 is 9.47 Å². The van der Waals surface area contributed by atoms with Crippen LogP contribution < -0.4 is 0 Å². The molecule has 0 aromatic rings. The van der Waals surface area contributed by atoms with Crippen LogP contribution in [0, 0.1) is 0 Å². The van der Waals surface area contributed by atoms with Crippen molar-refractivity contribution in [1.29, 1.82) is 0 Å². The Hall–Kier alpha value is -0.0800. The lowest BCUT2D eigenvalue weighted by Gasteiger charge is -2.34. The summed E-state index contributed by atoms with van der Waals surface area (Å²) < 4.78 is 12.6. The lowest BCUT2D eigenvalue weighted by molar-refractivity contribution is -0.247. The van der Waals surface area contributed by atoms with Crippen LogP contribution in [-0.4, -0.2) is 19.0 Å². The first-order chi connectivity index (χ1) is 10.3. The van der Waals surface area contributed by atoms with Crippen molar-refractivity contribution in [3.63, 3.8) is 0 Å². The Morgan fingerprint density at radius 2 is 1.00 bits per heavy atom. The number of unbranched alkanes of at least 4 members (excludes halogenated alkanes) is 2. The van der Waals surface area contributed by atoms with Gasteiger partial charge in [-0.1, -0.05) is 65.2 Å². The van der Waals surface area contributed by atoms with E-state index in [1.165, 1.54) is 64.2 Å². The summed E-state index contributed by atoms with van der Waals surface area (Å²) in [7, 11) is 0. The molecule has 1 rings (SSSR count). The van der Waals surface area contributed by atoms with Gasteiger partial charge in [0.2, 0.25) is 0 Å². The molecule has 0 bridgehead atoms. The van der Waals surface area contributed by atoms with Gasteiger partial charge in [0.1, 0.15) is 0 Å². The third-order valence-corrected chi connectivity index (χ3v) is 4.59. The van der Waals surface area contributed by atoms with E-state index in [4.69, 9.17) is 9.47 Å². The fourth-order valence-electron chi connectivity index (χ4n) is 3.11. The average Bonchev–Trinajstić information content (AvgIpc) is 2.54. The van der Waals surface area contributed by atoms with Gasteiger partial charge in [0.05, 0.1) is 13.2 Å². The van der Waals surface area contributed by atoms with Gasteiger partial charge in [0.15, 0.2) is 5.79 Å². The molecule has 0 amide bonds. The number of ether oxygens (including phenoxy) is 2. The van der Waals surface area contributed by atoms with Crippen LogP contribution in [0.2, 0.25) is 0 Å². The fraction of sp³-hybridized carbons (Fsp3) is 1.00. The minimum atomic E-state index is -0.269. The standard InChI is InChI=1S/C19H38O2/c1-3-5-17-20-19(21-18-6-4-2)15-13-11-9-7-8-10-12-14-16-19/h3-18H2,1-2H3. The third kappa shape index (κ3) is 8.83. The zero-order chi connectivity index (χ0) is 15.2. The maximum absolute atomic E-state index is 6.31. The Labute approximate surface area is 133 Å². The fourth-order valence-corrected chi connectivity index (χ4v) is 3.11. The van der Waals surface area contributed by atoms with Crippen molar-refractivity contribution in [1.82, 2.24) is 0 Å². The summed E-state index contributed by atoms with van der Waals surface area (Å²) in [5, 5.41) is 0. The molecule has 1 aliphatic rings. The van der Waals surface area contributed by atoms with Gasteiger partial charge in [-0.25, -0.2) is 0 Å². The van der Waals surface area contributed by atoms with Crippen molar-refractivity contribution in [3.8, 4) is 0 Å². The Kier molecular flexibility index (Phi) is 11.3. The molecule has 1 aliphatic carbocycles. The number of hydrogen-bond donors (Lipinski definition) is 0. The molecule has 2 heteroatoms. The SMILES string of the molecule is CCCCOC1(OCCCC)CCCCCCCCCC1. The number of hydrogen-bond acceptors (Lipinski definition) is 2. The minimum absolute atomic E-state index is 0.269. The van der Waals surface area contributed by atoms with E-state index in [0.717, 1.165) is 38.9 Å². The molecular weight excluding hydrogens is 260 g/mol. The van der Waals surface area contributed by atoms with E-state index < -0.39 is 0 Å². The van der Waals surface area contributed by atoms with Crippen LogP contribution in [0.25, 0.3) is 0 Å². The molecule has 2 nitrogen and oxygen atoms in total. The summed E-state index contributed by atoms with van der Waals surface area (Å²) in [5.74, 6) is -0.269. The average molecular weight is 299 g/mol. The number of rotatable bonds is 8. The maximum atomic E-state index is 6.31. The van der Waals surface area contributed by atoms with Gasteiger partial charge in [0, 0.05) is 12.8 Å². The molecular formula is C19H38O2. The predicted molar refractivity (Wildman–Crippen MR) is 90.6 cm³/mol. The molecule has 0 aliphatic heterocycles. The molecule has 1 fully saturated rings. The van der Waals surface area contributed by atoms with Crippen LogP contribution in [0.15, 0.2) is 0 Å². The van der Waals surface area contributed by atoms with E-state index >= 15 is 0 Å². The molecule has 0 N–H and O–H groups in total. The Balaban J connectivity index is 2.56. The van der Waals surface area contributed by atoms with Gasteiger partial charge < -0.3 is 9.47 Å². The molecule has 0 aromatic carbocycles. The third-order valence-electron chi connectivity index (χ3n) is 4.59. The lowest BCUT2D eigenvalue weighted by Crippen LogP contribution is -2.37. The van der Waals surface area contributed by atoms with Gasteiger partial charge >= 0.3 is 0 Å². The van der Waals surface area contributed by atoms with Crippen molar-refractivity contribution >= 4 is 0 Å². The van der Waals surface area contributed by atoms with Crippen LogP contribution >= 0.6 is 0 Å². The zero-order valence-electron chi connectivity index (χ0n) is 14.6. The minimum Gasteiger partial charge on any atom is -0.350 e. The molecule has 0 atom stereocenters. The quantitative estimate of drug-likeness (QED) is 0.390. The molecule has 0 heterocycles. The van der Waals surface area contributed by atoms with E-state index in [-0.39, 0.29) is 5.79 Å². The highest BCUT2D eigenvalue weighted by Gasteiger charge is 2.31. The van der Waals surface area contributed by atoms with Gasteiger partial charge in [-0.2, -0.15) is 0 Å². The van der Waals surface area contributed by atoms with Gasteiger partial charge in [0.25, 0.3) is 0 Å². The molecule has 1 saturated carbocycles. The molecule has 0 spiro atoms. The second kappa shape index (κ2) is 12.5. The second-order valence-electron chi connectivity index (χ2n) is 6.64. The first-order valence-electron chi connectivity index (χ1n) is 9.61. The summed E-state index contributed by atoms with van der Waals surface area (Å²) in [4.78, 5) is 0. The zero-order valence-corrected chi connectivity index (χ0v) is 14.6. The Bertz CT molecular complexity index is 204. The summed E-state index contributed by atoms with van der Waals surface area (Å²) in [6.07, 6.45) is 17.7. The van der Waals surface area contributed by atoms with E-state index in [9.17, 15) is 0 Å². The van der Waals surface area contributed by atoms with E-state index in [0.29, 0.717) is 0 Å². The maximum Gasteiger partial charge on any atom is 0.168 e. The van der Waals surface area contributed by atoms with Gasteiger partial charge in [-0.3, -0.25) is 0 Å². The van der Waals surface area contributed by atoms with E-state index in [2.05, 4.69) is 13.8 Å². The van der Waals surface area contributed by atoms with Crippen molar-refractivity contribution in [2.75, 3.05) is 13.2 Å². The van der Waals surface area contributed by atoms with Gasteiger partial charge in [-0.15, -0.1) is 0 Å². The molecule has 0 radical (unpaired) electrons. The van der Waals surface area contributed by atoms with Crippen molar-refractivity contribution in [3.05, 3.63) is 0 Å². The van der Waals surface area contributed by atoms with Crippen LogP contribution in [0.4, 0.5) is 0 Å². The van der Waals surface area contributed by atoms with E-state index in [1.807, 2.05) is 0 Å². The monoisotopic (exact) mass is 298 g/mol. The predicted octanol–water partition coefficient (Wildman–Crippen LogP) is 6.23. The summed E-state index contributed by atoms with van der Waals surface area (Å²) in [5.41, 5.74) is 0. The largest absolute Gasteiger partial charge is 0.350 e. The molecule has 0 saturated heterocycles. The topological polar surface area (TPSA) is 18.5 Å². The first-order valence-corrected chi connectivity index (χ1v) is 9.61.